The molecule has 4 heteroatoms. The number of ether oxygens (including phenoxy) is 2. The van der Waals surface area contributed by atoms with E-state index in [1.54, 1.807) is 0 Å². The summed E-state index contributed by atoms with van der Waals surface area (Å²) in [5.41, 5.74) is 2.36. The first kappa shape index (κ1) is 18.3. The van der Waals surface area contributed by atoms with Gasteiger partial charge >= 0.3 is 0 Å². The Kier molecular flexibility index (Phi) is 5.49. The molecule has 1 atom stereocenters. The van der Waals surface area contributed by atoms with Crippen LogP contribution in [0.2, 0.25) is 0 Å². The second-order valence-corrected chi connectivity index (χ2v) is 6.34. The lowest BCUT2D eigenvalue weighted by Gasteiger charge is -2.44. The van der Waals surface area contributed by atoms with E-state index < -0.39 is 5.54 Å². The fraction of sp³-hybridized carbons (Fsp3) is 0.409. The molecular weight excluding hydrogens is 324 g/mol. The standard InChI is InChI=1S/C22H26N2O2/c1-4-24-13-12-17-14-20(25-5-2)21(26-6-3)15-19(17)22(24,16-23)18-10-8-7-9-11-18/h7-11,14-15H,4-6,12-13H2,1-3H3. The lowest BCUT2D eigenvalue weighted by molar-refractivity contribution is 0.165. The van der Waals surface area contributed by atoms with Crippen molar-refractivity contribution < 1.29 is 9.47 Å². The molecule has 4 nitrogen and oxygen atoms in total. The molecule has 0 fully saturated rings. The molecule has 0 aliphatic carbocycles. The summed E-state index contributed by atoms with van der Waals surface area (Å²) in [4.78, 5) is 2.25. The largest absolute Gasteiger partial charge is 0.490 e. The minimum Gasteiger partial charge on any atom is -0.490 e. The van der Waals surface area contributed by atoms with E-state index in [-0.39, 0.29) is 0 Å². The molecule has 0 saturated carbocycles. The number of nitriles is 1. The third kappa shape index (κ3) is 2.93. The predicted octanol–water partition coefficient (Wildman–Crippen LogP) is 4.13. The zero-order valence-corrected chi connectivity index (χ0v) is 15.8. The van der Waals surface area contributed by atoms with Crippen molar-refractivity contribution in [2.45, 2.75) is 32.7 Å². The molecule has 1 unspecified atom stereocenters. The monoisotopic (exact) mass is 350 g/mol. The van der Waals surface area contributed by atoms with Crippen LogP contribution in [0.5, 0.6) is 11.5 Å². The molecule has 0 N–H and O–H groups in total. The van der Waals surface area contributed by atoms with E-state index >= 15 is 0 Å². The molecule has 0 saturated heterocycles. The number of fused-ring (bicyclic) bond motifs is 1. The van der Waals surface area contributed by atoms with Crippen LogP contribution in [-0.2, 0) is 12.0 Å². The third-order valence-electron chi connectivity index (χ3n) is 5.02. The first-order valence-electron chi connectivity index (χ1n) is 9.36. The maximum atomic E-state index is 10.4. The maximum absolute atomic E-state index is 10.4. The van der Waals surface area contributed by atoms with Gasteiger partial charge in [0, 0.05) is 6.54 Å². The molecule has 26 heavy (non-hydrogen) atoms. The minimum absolute atomic E-state index is 0.557. The average molecular weight is 350 g/mol. The Hall–Kier alpha value is -2.51. The highest BCUT2D eigenvalue weighted by Crippen LogP contribution is 2.44. The predicted molar refractivity (Wildman–Crippen MR) is 103 cm³/mol. The van der Waals surface area contributed by atoms with Gasteiger partial charge in [0.05, 0.1) is 19.3 Å². The Morgan fingerprint density at radius 1 is 1.04 bits per heavy atom. The van der Waals surface area contributed by atoms with Gasteiger partial charge in [0.15, 0.2) is 17.0 Å². The number of nitrogens with zero attached hydrogens (tertiary/aromatic N) is 2. The Labute approximate surface area is 156 Å². The number of hydrogen-bond acceptors (Lipinski definition) is 4. The SMILES string of the molecule is CCOc1cc2c(cc1OCC)C(C#N)(c1ccccc1)N(CC)CC2. The van der Waals surface area contributed by atoms with Crippen molar-refractivity contribution in [2.75, 3.05) is 26.3 Å². The molecule has 1 aliphatic heterocycles. The zero-order chi connectivity index (χ0) is 18.6. The fourth-order valence-corrected chi connectivity index (χ4v) is 3.88. The van der Waals surface area contributed by atoms with E-state index in [0.29, 0.717) is 19.0 Å². The van der Waals surface area contributed by atoms with E-state index in [1.807, 2.05) is 50.2 Å². The van der Waals surface area contributed by atoms with Gasteiger partial charge in [0.25, 0.3) is 0 Å². The van der Waals surface area contributed by atoms with Gasteiger partial charge in [-0.25, -0.2) is 0 Å². The quantitative estimate of drug-likeness (QED) is 0.786. The number of hydrogen-bond donors (Lipinski definition) is 0. The summed E-state index contributed by atoms with van der Waals surface area (Å²) in [6.45, 7) is 8.83. The van der Waals surface area contributed by atoms with Gasteiger partial charge in [-0.2, -0.15) is 5.26 Å². The van der Waals surface area contributed by atoms with Crippen LogP contribution in [0.4, 0.5) is 0 Å². The topological polar surface area (TPSA) is 45.5 Å². The van der Waals surface area contributed by atoms with Gasteiger partial charge < -0.3 is 9.47 Å². The minimum atomic E-state index is -0.805. The molecule has 136 valence electrons. The Balaban J connectivity index is 2.26. The molecule has 0 radical (unpaired) electrons. The van der Waals surface area contributed by atoms with E-state index in [4.69, 9.17) is 9.47 Å². The van der Waals surface area contributed by atoms with E-state index in [1.165, 1.54) is 0 Å². The van der Waals surface area contributed by atoms with Crippen molar-refractivity contribution in [3.05, 3.63) is 59.2 Å². The summed E-state index contributed by atoms with van der Waals surface area (Å²) in [5, 5.41) is 10.4. The van der Waals surface area contributed by atoms with Crippen LogP contribution in [0.1, 0.15) is 37.5 Å². The molecule has 0 bridgehead atoms. The second-order valence-electron chi connectivity index (χ2n) is 6.34. The van der Waals surface area contributed by atoms with Crippen molar-refractivity contribution in [3.63, 3.8) is 0 Å². The molecule has 2 aromatic carbocycles. The van der Waals surface area contributed by atoms with E-state index in [0.717, 1.165) is 42.0 Å². The van der Waals surface area contributed by atoms with E-state index in [9.17, 15) is 5.26 Å². The van der Waals surface area contributed by atoms with Crippen LogP contribution in [0.3, 0.4) is 0 Å². The smallest absolute Gasteiger partial charge is 0.161 e. The zero-order valence-electron chi connectivity index (χ0n) is 15.8. The Morgan fingerprint density at radius 2 is 1.69 bits per heavy atom. The molecule has 1 heterocycles. The molecule has 0 amide bonds. The van der Waals surface area contributed by atoms with Crippen LogP contribution in [0.25, 0.3) is 0 Å². The van der Waals surface area contributed by atoms with Crippen LogP contribution in [0.15, 0.2) is 42.5 Å². The molecular formula is C22H26N2O2. The first-order chi connectivity index (χ1) is 12.7. The number of benzene rings is 2. The van der Waals surface area contributed by atoms with Crippen molar-refractivity contribution >= 4 is 0 Å². The van der Waals surface area contributed by atoms with Gasteiger partial charge in [-0.3, -0.25) is 4.90 Å². The molecule has 0 aromatic heterocycles. The number of likely N-dealkylation sites (N-methyl/N-ethyl adjacent to an activating group) is 1. The molecule has 3 rings (SSSR count). The summed E-state index contributed by atoms with van der Waals surface area (Å²) >= 11 is 0. The van der Waals surface area contributed by atoms with Crippen molar-refractivity contribution in [2.24, 2.45) is 0 Å². The maximum Gasteiger partial charge on any atom is 0.161 e. The summed E-state index contributed by atoms with van der Waals surface area (Å²) < 4.78 is 11.6. The normalized spacial score (nSPS) is 19.5. The number of rotatable bonds is 6. The Bertz CT molecular complexity index is 798. The van der Waals surface area contributed by atoms with E-state index in [2.05, 4.69) is 24.0 Å². The molecule has 2 aromatic rings. The third-order valence-corrected chi connectivity index (χ3v) is 5.02. The molecule has 1 aliphatic rings. The Morgan fingerprint density at radius 3 is 2.27 bits per heavy atom. The average Bonchev–Trinajstić information content (AvgIpc) is 2.68. The highest BCUT2D eigenvalue weighted by molar-refractivity contribution is 5.57. The summed E-state index contributed by atoms with van der Waals surface area (Å²) in [6, 6.07) is 16.8. The fourth-order valence-electron chi connectivity index (χ4n) is 3.88. The van der Waals surface area contributed by atoms with Gasteiger partial charge in [-0.15, -0.1) is 0 Å². The lowest BCUT2D eigenvalue weighted by Crippen LogP contribution is -2.50. The lowest BCUT2D eigenvalue weighted by atomic mass is 9.76. The summed E-state index contributed by atoms with van der Waals surface area (Å²) in [6.07, 6.45) is 0.895. The highest BCUT2D eigenvalue weighted by Gasteiger charge is 2.44. The second kappa shape index (κ2) is 7.80. The van der Waals surface area contributed by atoms with Crippen molar-refractivity contribution in [1.29, 1.82) is 5.26 Å². The summed E-state index contributed by atoms with van der Waals surface area (Å²) in [7, 11) is 0. The van der Waals surface area contributed by atoms with Crippen molar-refractivity contribution in [3.8, 4) is 17.6 Å². The van der Waals surface area contributed by atoms with Crippen LogP contribution >= 0.6 is 0 Å². The van der Waals surface area contributed by atoms with Crippen LogP contribution < -0.4 is 9.47 Å². The van der Waals surface area contributed by atoms with Gasteiger partial charge in [0.2, 0.25) is 0 Å². The van der Waals surface area contributed by atoms with Gasteiger partial charge in [-0.05, 0) is 55.6 Å². The first-order valence-corrected chi connectivity index (χ1v) is 9.36. The summed E-state index contributed by atoms with van der Waals surface area (Å²) in [5.74, 6) is 1.47. The molecule has 0 spiro atoms. The van der Waals surface area contributed by atoms with Crippen molar-refractivity contribution in [1.82, 2.24) is 4.90 Å². The van der Waals surface area contributed by atoms with Gasteiger partial charge in [0.1, 0.15) is 0 Å². The van der Waals surface area contributed by atoms with Gasteiger partial charge in [-0.1, -0.05) is 37.3 Å². The van der Waals surface area contributed by atoms with Crippen LogP contribution in [-0.4, -0.2) is 31.2 Å². The highest BCUT2D eigenvalue weighted by atomic mass is 16.5. The van der Waals surface area contributed by atoms with Crippen LogP contribution in [0, 0.1) is 11.3 Å².